The molecule has 13 heavy (non-hydrogen) atoms. The summed E-state index contributed by atoms with van der Waals surface area (Å²) >= 11 is 0. The number of likely N-dealkylation sites (N-methyl/N-ethyl adjacent to an activating group) is 1. The lowest BCUT2D eigenvalue weighted by atomic mass is 10.3. The zero-order chi connectivity index (χ0) is 10.1. The molecule has 0 aromatic heterocycles. The third-order valence-corrected chi connectivity index (χ3v) is 1.96. The third kappa shape index (κ3) is 7.74. The lowest BCUT2D eigenvalue weighted by molar-refractivity contribution is -0.118. The predicted molar refractivity (Wildman–Crippen MR) is 52.4 cm³/mol. The second kappa shape index (κ2) is 8.01. The Kier molecular flexibility index (Phi) is 7.63. The third-order valence-electron chi connectivity index (χ3n) is 1.96. The first-order chi connectivity index (χ1) is 6.20. The van der Waals surface area contributed by atoms with Gasteiger partial charge < -0.3 is 15.4 Å². The van der Waals surface area contributed by atoms with Gasteiger partial charge in [0.1, 0.15) is 0 Å². The molecule has 0 heterocycles. The molecule has 0 unspecified atom stereocenters. The zero-order valence-corrected chi connectivity index (χ0v) is 8.58. The Balaban J connectivity index is 3.41. The summed E-state index contributed by atoms with van der Waals surface area (Å²) in [5.41, 5.74) is 5.04. The molecule has 0 radical (unpaired) electrons. The molecule has 4 heteroatoms. The SMILES string of the molecule is CCN(CCCC(N)=O)CCOC. The van der Waals surface area contributed by atoms with Crippen molar-refractivity contribution >= 4 is 5.91 Å². The molecule has 0 rings (SSSR count). The van der Waals surface area contributed by atoms with Crippen LogP contribution in [-0.2, 0) is 9.53 Å². The molecule has 0 saturated heterocycles. The summed E-state index contributed by atoms with van der Waals surface area (Å²) < 4.78 is 4.97. The standard InChI is InChI=1S/C9H20N2O2/c1-3-11(7-8-13-2)6-4-5-9(10)12/h3-8H2,1-2H3,(H2,10,12). The molecule has 0 bridgehead atoms. The molecule has 0 aliphatic rings. The maximum Gasteiger partial charge on any atom is 0.217 e. The quantitative estimate of drug-likeness (QED) is 0.593. The summed E-state index contributed by atoms with van der Waals surface area (Å²) in [6, 6.07) is 0. The van der Waals surface area contributed by atoms with E-state index in [4.69, 9.17) is 10.5 Å². The highest BCUT2D eigenvalue weighted by Crippen LogP contribution is 1.94. The highest BCUT2D eigenvalue weighted by Gasteiger charge is 2.02. The van der Waals surface area contributed by atoms with Crippen molar-refractivity contribution in [3.8, 4) is 0 Å². The molecule has 0 aromatic carbocycles. The van der Waals surface area contributed by atoms with Crippen molar-refractivity contribution in [2.45, 2.75) is 19.8 Å². The van der Waals surface area contributed by atoms with E-state index in [1.807, 2.05) is 0 Å². The average molecular weight is 188 g/mol. The number of rotatable bonds is 8. The molecule has 1 amide bonds. The summed E-state index contributed by atoms with van der Waals surface area (Å²) in [5, 5.41) is 0. The van der Waals surface area contributed by atoms with Crippen LogP contribution in [0.2, 0.25) is 0 Å². The summed E-state index contributed by atoms with van der Waals surface area (Å²) in [6.45, 7) is 5.67. The van der Waals surface area contributed by atoms with Crippen molar-refractivity contribution in [3.05, 3.63) is 0 Å². The average Bonchev–Trinajstić information content (AvgIpc) is 2.10. The molecular formula is C9H20N2O2. The van der Waals surface area contributed by atoms with Crippen LogP contribution in [0.5, 0.6) is 0 Å². The summed E-state index contributed by atoms with van der Waals surface area (Å²) in [4.78, 5) is 12.7. The topological polar surface area (TPSA) is 55.6 Å². The Hall–Kier alpha value is -0.610. The van der Waals surface area contributed by atoms with E-state index in [-0.39, 0.29) is 5.91 Å². The van der Waals surface area contributed by atoms with Crippen LogP contribution in [-0.4, -0.2) is 44.2 Å². The normalized spacial score (nSPS) is 10.7. The molecule has 0 atom stereocenters. The van der Waals surface area contributed by atoms with Gasteiger partial charge in [-0.2, -0.15) is 0 Å². The second-order valence-corrected chi connectivity index (χ2v) is 3.00. The minimum atomic E-state index is -0.220. The Bertz CT molecular complexity index is 140. The van der Waals surface area contributed by atoms with Gasteiger partial charge in [0, 0.05) is 20.1 Å². The summed E-state index contributed by atoms with van der Waals surface area (Å²) in [7, 11) is 1.69. The van der Waals surface area contributed by atoms with Crippen LogP contribution >= 0.6 is 0 Å². The Labute approximate surface area is 80.0 Å². The Morgan fingerprint density at radius 3 is 2.62 bits per heavy atom. The van der Waals surface area contributed by atoms with E-state index < -0.39 is 0 Å². The second-order valence-electron chi connectivity index (χ2n) is 3.00. The van der Waals surface area contributed by atoms with Crippen LogP contribution < -0.4 is 5.73 Å². The minimum absolute atomic E-state index is 0.220. The number of carbonyl (C=O) groups is 1. The van der Waals surface area contributed by atoms with Gasteiger partial charge in [-0.15, -0.1) is 0 Å². The van der Waals surface area contributed by atoms with Crippen molar-refractivity contribution < 1.29 is 9.53 Å². The molecule has 0 aromatic rings. The van der Waals surface area contributed by atoms with Crippen molar-refractivity contribution in [3.63, 3.8) is 0 Å². The maximum atomic E-state index is 10.5. The van der Waals surface area contributed by atoms with E-state index in [1.54, 1.807) is 7.11 Å². The predicted octanol–water partition coefficient (Wildman–Crippen LogP) is 0.220. The Morgan fingerprint density at radius 1 is 1.46 bits per heavy atom. The van der Waals surface area contributed by atoms with Crippen LogP contribution in [0.3, 0.4) is 0 Å². The number of carbonyl (C=O) groups excluding carboxylic acids is 1. The fraction of sp³-hybridized carbons (Fsp3) is 0.889. The number of nitrogens with two attached hydrogens (primary N) is 1. The molecule has 0 aliphatic heterocycles. The maximum absolute atomic E-state index is 10.5. The van der Waals surface area contributed by atoms with Crippen LogP contribution in [0.25, 0.3) is 0 Å². The zero-order valence-electron chi connectivity index (χ0n) is 8.58. The number of primary amides is 1. The van der Waals surface area contributed by atoms with Crippen molar-refractivity contribution in [1.82, 2.24) is 4.90 Å². The number of hydrogen-bond donors (Lipinski definition) is 1. The van der Waals surface area contributed by atoms with Gasteiger partial charge >= 0.3 is 0 Å². The van der Waals surface area contributed by atoms with Gasteiger partial charge in [0.05, 0.1) is 6.61 Å². The molecule has 4 nitrogen and oxygen atoms in total. The van der Waals surface area contributed by atoms with E-state index in [1.165, 1.54) is 0 Å². The van der Waals surface area contributed by atoms with Gasteiger partial charge in [-0.1, -0.05) is 6.92 Å². The molecule has 0 saturated carbocycles. The van der Waals surface area contributed by atoms with Gasteiger partial charge in [-0.3, -0.25) is 4.79 Å². The number of methoxy groups -OCH3 is 1. The molecule has 78 valence electrons. The summed E-state index contributed by atoms with van der Waals surface area (Å²) in [5.74, 6) is -0.220. The minimum Gasteiger partial charge on any atom is -0.383 e. The molecule has 0 aliphatic carbocycles. The molecule has 0 spiro atoms. The van der Waals surface area contributed by atoms with Gasteiger partial charge in [0.15, 0.2) is 0 Å². The van der Waals surface area contributed by atoms with Crippen molar-refractivity contribution in [1.29, 1.82) is 0 Å². The number of ether oxygens (including phenoxy) is 1. The summed E-state index contributed by atoms with van der Waals surface area (Å²) in [6.07, 6.45) is 1.32. The van der Waals surface area contributed by atoms with E-state index in [0.717, 1.165) is 32.7 Å². The first-order valence-electron chi connectivity index (χ1n) is 4.70. The van der Waals surface area contributed by atoms with E-state index in [0.29, 0.717) is 6.42 Å². The first-order valence-corrected chi connectivity index (χ1v) is 4.70. The smallest absolute Gasteiger partial charge is 0.217 e. The van der Waals surface area contributed by atoms with Crippen LogP contribution in [0.1, 0.15) is 19.8 Å². The van der Waals surface area contributed by atoms with E-state index in [9.17, 15) is 4.79 Å². The number of amides is 1. The van der Waals surface area contributed by atoms with E-state index in [2.05, 4.69) is 11.8 Å². The number of hydrogen-bond acceptors (Lipinski definition) is 3. The Morgan fingerprint density at radius 2 is 2.15 bits per heavy atom. The van der Waals surface area contributed by atoms with Crippen LogP contribution in [0.15, 0.2) is 0 Å². The first kappa shape index (κ1) is 12.4. The van der Waals surface area contributed by atoms with Gasteiger partial charge in [0.2, 0.25) is 5.91 Å². The fourth-order valence-corrected chi connectivity index (χ4v) is 1.13. The van der Waals surface area contributed by atoms with Gasteiger partial charge in [-0.05, 0) is 19.5 Å². The number of nitrogens with zero attached hydrogens (tertiary/aromatic N) is 1. The van der Waals surface area contributed by atoms with Gasteiger partial charge in [-0.25, -0.2) is 0 Å². The molecule has 2 N–H and O–H groups in total. The van der Waals surface area contributed by atoms with Crippen molar-refractivity contribution in [2.75, 3.05) is 33.4 Å². The van der Waals surface area contributed by atoms with Crippen molar-refractivity contribution in [2.24, 2.45) is 5.73 Å². The molecular weight excluding hydrogens is 168 g/mol. The highest BCUT2D eigenvalue weighted by molar-refractivity contribution is 5.73. The highest BCUT2D eigenvalue weighted by atomic mass is 16.5. The van der Waals surface area contributed by atoms with Crippen LogP contribution in [0, 0.1) is 0 Å². The van der Waals surface area contributed by atoms with Gasteiger partial charge in [0.25, 0.3) is 0 Å². The lowest BCUT2D eigenvalue weighted by Crippen LogP contribution is -2.29. The largest absolute Gasteiger partial charge is 0.383 e. The lowest BCUT2D eigenvalue weighted by Gasteiger charge is -2.19. The molecule has 0 fully saturated rings. The van der Waals surface area contributed by atoms with E-state index >= 15 is 0 Å². The monoisotopic (exact) mass is 188 g/mol. The van der Waals surface area contributed by atoms with Crippen LogP contribution in [0.4, 0.5) is 0 Å². The fourth-order valence-electron chi connectivity index (χ4n) is 1.13.